The second-order valence-electron chi connectivity index (χ2n) is 4.19. The quantitative estimate of drug-likeness (QED) is 0.768. The molecule has 0 bridgehead atoms. The summed E-state index contributed by atoms with van der Waals surface area (Å²) in [5.41, 5.74) is 1.29. The summed E-state index contributed by atoms with van der Waals surface area (Å²) in [5, 5.41) is 0. The molecule has 0 spiro atoms. The number of hydrogen-bond acceptors (Lipinski definition) is 3. The van der Waals surface area contributed by atoms with Gasteiger partial charge in [0.25, 0.3) is 0 Å². The number of rotatable bonds is 3. The predicted octanol–water partition coefficient (Wildman–Crippen LogP) is 4.51. The molecule has 98 valence electrons. The number of halogens is 1. The van der Waals surface area contributed by atoms with E-state index in [2.05, 4.69) is 46.3 Å². The van der Waals surface area contributed by atoms with Crippen LogP contribution in [0.1, 0.15) is 5.56 Å². The minimum Gasteiger partial charge on any atom is -0.486 e. The van der Waals surface area contributed by atoms with Gasteiger partial charge in [0.1, 0.15) is 13.2 Å². The van der Waals surface area contributed by atoms with E-state index >= 15 is 0 Å². The first-order valence-electron chi connectivity index (χ1n) is 6.09. The average Bonchev–Trinajstić information content (AvgIpc) is 2.46. The minimum atomic E-state index is 0.630. The number of benzene rings is 2. The first kappa shape index (κ1) is 12.9. The van der Waals surface area contributed by atoms with E-state index in [0.29, 0.717) is 13.2 Å². The second-order valence-corrected chi connectivity index (χ2v) is 6.09. The van der Waals surface area contributed by atoms with E-state index in [1.165, 1.54) is 10.5 Å². The Morgan fingerprint density at radius 3 is 2.63 bits per heavy atom. The standard InChI is InChI=1S/C15H13BrO2S/c16-13-4-2-1-3-11(13)10-19-12-5-6-14-15(9-12)18-8-7-17-14/h1-6,9H,7-8,10H2. The maximum atomic E-state index is 5.59. The molecule has 2 nitrogen and oxygen atoms in total. The van der Waals surface area contributed by atoms with Crippen LogP contribution in [0.5, 0.6) is 11.5 Å². The molecule has 2 aromatic carbocycles. The van der Waals surface area contributed by atoms with Gasteiger partial charge in [0, 0.05) is 15.1 Å². The van der Waals surface area contributed by atoms with E-state index in [0.717, 1.165) is 21.7 Å². The lowest BCUT2D eigenvalue weighted by molar-refractivity contribution is 0.171. The molecule has 1 aliphatic rings. The van der Waals surface area contributed by atoms with Crippen molar-refractivity contribution in [1.29, 1.82) is 0 Å². The zero-order valence-corrected chi connectivity index (χ0v) is 12.7. The molecule has 0 saturated heterocycles. The molecule has 2 aromatic rings. The molecule has 19 heavy (non-hydrogen) atoms. The third-order valence-electron chi connectivity index (χ3n) is 2.87. The van der Waals surface area contributed by atoms with Crippen LogP contribution in [-0.4, -0.2) is 13.2 Å². The van der Waals surface area contributed by atoms with Crippen molar-refractivity contribution < 1.29 is 9.47 Å². The Morgan fingerprint density at radius 1 is 1.00 bits per heavy atom. The van der Waals surface area contributed by atoms with Gasteiger partial charge in [0.2, 0.25) is 0 Å². The third-order valence-corrected chi connectivity index (χ3v) is 4.68. The van der Waals surface area contributed by atoms with Gasteiger partial charge in [-0.1, -0.05) is 34.1 Å². The Balaban J connectivity index is 1.72. The molecule has 0 atom stereocenters. The van der Waals surface area contributed by atoms with E-state index in [4.69, 9.17) is 9.47 Å². The summed E-state index contributed by atoms with van der Waals surface area (Å²) in [6.45, 7) is 1.27. The van der Waals surface area contributed by atoms with Gasteiger partial charge >= 0.3 is 0 Å². The maximum absolute atomic E-state index is 5.59. The second kappa shape index (κ2) is 5.88. The minimum absolute atomic E-state index is 0.630. The molecule has 0 fully saturated rings. The average molecular weight is 337 g/mol. The van der Waals surface area contributed by atoms with Gasteiger partial charge in [-0.05, 0) is 29.8 Å². The summed E-state index contributed by atoms with van der Waals surface area (Å²) in [4.78, 5) is 1.19. The highest BCUT2D eigenvalue weighted by Crippen LogP contribution is 2.35. The van der Waals surface area contributed by atoms with Crippen molar-refractivity contribution >= 4 is 27.7 Å². The Morgan fingerprint density at radius 2 is 1.79 bits per heavy atom. The van der Waals surface area contributed by atoms with Gasteiger partial charge in [-0.15, -0.1) is 11.8 Å². The fourth-order valence-electron chi connectivity index (χ4n) is 1.89. The number of ether oxygens (including phenoxy) is 2. The molecule has 0 amide bonds. The Hall–Kier alpha value is -1.13. The van der Waals surface area contributed by atoms with Gasteiger partial charge in [-0.25, -0.2) is 0 Å². The highest BCUT2D eigenvalue weighted by atomic mass is 79.9. The molecule has 3 rings (SSSR count). The molecule has 0 aromatic heterocycles. The van der Waals surface area contributed by atoms with Crippen molar-refractivity contribution in [1.82, 2.24) is 0 Å². The topological polar surface area (TPSA) is 18.5 Å². The van der Waals surface area contributed by atoms with Crippen molar-refractivity contribution in [3.8, 4) is 11.5 Å². The number of hydrogen-bond donors (Lipinski definition) is 0. The molecule has 0 saturated carbocycles. The summed E-state index contributed by atoms with van der Waals surface area (Å²) in [6.07, 6.45) is 0. The van der Waals surface area contributed by atoms with Crippen LogP contribution in [0.2, 0.25) is 0 Å². The van der Waals surface area contributed by atoms with E-state index in [1.54, 1.807) is 11.8 Å². The maximum Gasteiger partial charge on any atom is 0.162 e. The Labute approximate surface area is 125 Å². The van der Waals surface area contributed by atoms with Crippen LogP contribution in [0, 0.1) is 0 Å². The van der Waals surface area contributed by atoms with E-state index in [-0.39, 0.29) is 0 Å². The van der Waals surface area contributed by atoms with Gasteiger partial charge in [-0.2, -0.15) is 0 Å². The van der Waals surface area contributed by atoms with Gasteiger partial charge in [0.15, 0.2) is 11.5 Å². The molecular weight excluding hydrogens is 324 g/mol. The summed E-state index contributed by atoms with van der Waals surface area (Å²) in [5.74, 6) is 2.63. The van der Waals surface area contributed by atoms with Gasteiger partial charge < -0.3 is 9.47 Å². The number of fused-ring (bicyclic) bond motifs is 1. The van der Waals surface area contributed by atoms with Crippen molar-refractivity contribution in [2.75, 3.05) is 13.2 Å². The molecule has 4 heteroatoms. The lowest BCUT2D eigenvalue weighted by Gasteiger charge is -2.18. The third kappa shape index (κ3) is 3.07. The molecule has 0 aliphatic carbocycles. The highest BCUT2D eigenvalue weighted by molar-refractivity contribution is 9.10. The molecule has 0 radical (unpaired) electrons. The fraction of sp³-hybridized carbons (Fsp3) is 0.200. The van der Waals surface area contributed by atoms with E-state index in [1.807, 2.05) is 12.1 Å². The summed E-state index contributed by atoms with van der Waals surface area (Å²) < 4.78 is 12.3. The van der Waals surface area contributed by atoms with Gasteiger partial charge in [-0.3, -0.25) is 0 Å². The molecule has 0 unspecified atom stereocenters. The molecule has 1 heterocycles. The predicted molar refractivity (Wildman–Crippen MR) is 81.1 cm³/mol. The normalized spacial score (nSPS) is 13.3. The first-order chi connectivity index (χ1) is 9.33. The lowest BCUT2D eigenvalue weighted by atomic mass is 10.2. The smallest absolute Gasteiger partial charge is 0.162 e. The largest absolute Gasteiger partial charge is 0.486 e. The molecule has 0 N–H and O–H groups in total. The van der Waals surface area contributed by atoms with Crippen molar-refractivity contribution in [2.45, 2.75) is 10.6 Å². The van der Waals surface area contributed by atoms with Crippen LogP contribution in [0.15, 0.2) is 51.8 Å². The summed E-state index contributed by atoms with van der Waals surface area (Å²) in [7, 11) is 0. The first-order valence-corrected chi connectivity index (χ1v) is 7.86. The number of thioether (sulfide) groups is 1. The monoisotopic (exact) mass is 336 g/mol. The van der Waals surface area contributed by atoms with Crippen LogP contribution < -0.4 is 9.47 Å². The van der Waals surface area contributed by atoms with Crippen molar-refractivity contribution in [3.05, 3.63) is 52.5 Å². The van der Waals surface area contributed by atoms with Crippen LogP contribution >= 0.6 is 27.7 Å². The van der Waals surface area contributed by atoms with E-state index in [9.17, 15) is 0 Å². The highest BCUT2D eigenvalue weighted by Gasteiger charge is 2.12. The van der Waals surface area contributed by atoms with Crippen LogP contribution in [0.3, 0.4) is 0 Å². The van der Waals surface area contributed by atoms with Crippen molar-refractivity contribution in [3.63, 3.8) is 0 Å². The SMILES string of the molecule is Brc1ccccc1CSc1ccc2c(c1)OCCO2. The molecular formula is C15H13BrO2S. The van der Waals surface area contributed by atoms with Crippen LogP contribution in [0.25, 0.3) is 0 Å². The zero-order chi connectivity index (χ0) is 13.1. The Kier molecular flexibility index (Phi) is 3.99. The lowest BCUT2D eigenvalue weighted by Crippen LogP contribution is -2.15. The van der Waals surface area contributed by atoms with Crippen LogP contribution in [0.4, 0.5) is 0 Å². The Bertz CT molecular complexity index is 586. The fourth-order valence-corrected chi connectivity index (χ4v) is 3.43. The molecule has 1 aliphatic heterocycles. The van der Waals surface area contributed by atoms with E-state index < -0.39 is 0 Å². The summed E-state index contributed by atoms with van der Waals surface area (Å²) in [6, 6.07) is 14.4. The summed E-state index contributed by atoms with van der Waals surface area (Å²) >= 11 is 5.37. The van der Waals surface area contributed by atoms with Gasteiger partial charge in [0.05, 0.1) is 0 Å². The zero-order valence-electron chi connectivity index (χ0n) is 10.3. The van der Waals surface area contributed by atoms with Crippen molar-refractivity contribution in [2.24, 2.45) is 0 Å². The van der Waals surface area contributed by atoms with Crippen LogP contribution in [-0.2, 0) is 5.75 Å².